The van der Waals surface area contributed by atoms with Crippen LogP contribution in [-0.2, 0) is 9.53 Å². The van der Waals surface area contributed by atoms with Crippen molar-refractivity contribution < 1.29 is 18.7 Å². The summed E-state index contributed by atoms with van der Waals surface area (Å²) in [6.07, 6.45) is 3.35. The molecule has 1 atom stereocenters. The van der Waals surface area contributed by atoms with Crippen LogP contribution in [-0.4, -0.2) is 43.8 Å². The van der Waals surface area contributed by atoms with Crippen LogP contribution in [0.25, 0.3) is 0 Å². The topological polar surface area (TPSA) is 72.0 Å². The van der Waals surface area contributed by atoms with Crippen LogP contribution in [0.1, 0.15) is 46.5 Å². The van der Waals surface area contributed by atoms with Crippen LogP contribution in [0.15, 0.2) is 29.3 Å². The molecule has 0 aliphatic heterocycles. The molecule has 29 heavy (non-hydrogen) atoms. The summed E-state index contributed by atoms with van der Waals surface area (Å²) >= 11 is 0. The van der Waals surface area contributed by atoms with Crippen molar-refractivity contribution in [1.82, 2.24) is 10.6 Å². The number of hydrogen-bond donors (Lipinski definition) is 2. The van der Waals surface area contributed by atoms with E-state index in [-0.39, 0.29) is 53.8 Å². The minimum absolute atomic E-state index is 0. The molecule has 2 rings (SSSR count). The number of guanidine groups is 1. The molecule has 1 aromatic rings. The predicted molar refractivity (Wildman–Crippen MR) is 123 cm³/mol. The molecule has 6 nitrogen and oxygen atoms in total. The Hall–Kier alpha value is -1.58. The zero-order valence-corrected chi connectivity index (χ0v) is 19.8. The number of carbonyl (C=O) groups excluding carboxylic acids is 1. The molecule has 0 amide bonds. The molecular formula is C21H33FIN3O3. The second kappa shape index (κ2) is 13.6. The third-order valence-electron chi connectivity index (χ3n) is 4.69. The fraction of sp³-hybridized carbons (Fsp3) is 0.619. The monoisotopic (exact) mass is 521 g/mol. The van der Waals surface area contributed by atoms with Gasteiger partial charge in [-0.15, -0.1) is 24.0 Å². The maximum Gasteiger partial charge on any atom is 0.308 e. The number of aliphatic imine (C=N–C) groups is 1. The standard InChI is InChI=1S/C21H32FN3O3.HI/c1-4-23-21(24-14-15(3)28-19-12-8-17(22)9-13-19)25-18-10-6-16(7-11-18)20(26)27-5-2;/h8-9,12-13,15-16,18H,4-7,10-11,14H2,1-3H3,(H2,23,24,25);1H. The summed E-state index contributed by atoms with van der Waals surface area (Å²) < 4.78 is 23.9. The van der Waals surface area contributed by atoms with Crippen molar-refractivity contribution in [3.05, 3.63) is 30.1 Å². The highest BCUT2D eigenvalue weighted by atomic mass is 127. The molecule has 2 N–H and O–H groups in total. The summed E-state index contributed by atoms with van der Waals surface area (Å²) in [6.45, 7) is 7.47. The number of nitrogens with zero attached hydrogens (tertiary/aromatic N) is 1. The van der Waals surface area contributed by atoms with Crippen molar-refractivity contribution in [1.29, 1.82) is 0 Å². The van der Waals surface area contributed by atoms with Crippen molar-refractivity contribution in [2.75, 3.05) is 19.7 Å². The normalized spacial score (nSPS) is 20.2. The van der Waals surface area contributed by atoms with E-state index in [1.165, 1.54) is 12.1 Å². The molecule has 1 aliphatic rings. The van der Waals surface area contributed by atoms with Gasteiger partial charge in [0.15, 0.2) is 5.96 Å². The first-order valence-corrected chi connectivity index (χ1v) is 10.2. The molecule has 0 heterocycles. The molecule has 1 aromatic carbocycles. The Morgan fingerprint density at radius 1 is 1.21 bits per heavy atom. The lowest BCUT2D eigenvalue weighted by molar-refractivity contribution is -0.149. The van der Waals surface area contributed by atoms with Gasteiger partial charge in [-0.25, -0.2) is 9.38 Å². The van der Waals surface area contributed by atoms with E-state index in [2.05, 4.69) is 15.6 Å². The van der Waals surface area contributed by atoms with E-state index in [9.17, 15) is 9.18 Å². The van der Waals surface area contributed by atoms with Crippen molar-refractivity contribution in [2.24, 2.45) is 10.9 Å². The summed E-state index contributed by atoms with van der Waals surface area (Å²) in [7, 11) is 0. The first kappa shape index (κ1) is 25.5. The summed E-state index contributed by atoms with van der Waals surface area (Å²) in [5.74, 6) is 1.03. The second-order valence-electron chi connectivity index (χ2n) is 7.05. The zero-order chi connectivity index (χ0) is 20.4. The van der Waals surface area contributed by atoms with E-state index in [1.54, 1.807) is 12.1 Å². The van der Waals surface area contributed by atoms with Gasteiger partial charge in [0.25, 0.3) is 0 Å². The van der Waals surface area contributed by atoms with Gasteiger partial charge in [-0.1, -0.05) is 0 Å². The maximum atomic E-state index is 13.0. The zero-order valence-electron chi connectivity index (χ0n) is 17.4. The molecular weight excluding hydrogens is 488 g/mol. The smallest absolute Gasteiger partial charge is 0.308 e. The lowest BCUT2D eigenvalue weighted by atomic mass is 9.86. The third-order valence-corrected chi connectivity index (χ3v) is 4.69. The minimum atomic E-state index is -0.283. The Morgan fingerprint density at radius 3 is 2.45 bits per heavy atom. The van der Waals surface area contributed by atoms with Crippen molar-refractivity contribution in [3.63, 3.8) is 0 Å². The fourth-order valence-electron chi connectivity index (χ4n) is 3.25. The first-order chi connectivity index (χ1) is 13.5. The molecule has 8 heteroatoms. The number of carbonyl (C=O) groups is 1. The van der Waals surface area contributed by atoms with Gasteiger partial charge >= 0.3 is 5.97 Å². The van der Waals surface area contributed by atoms with Crippen LogP contribution in [0.4, 0.5) is 4.39 Å². The summed E-state index contributed by atoms with van der Waals surface area (Å²) in [5, 5.41) is 6.71. The van der Waals surface area contributed by atoms with Crippen LogP contribution >= 0.6 is 24.0 Å². The summed E-state index contributed by atoms with van der Waals surface area (Å²) in [6, 6.07) is 6.27. The highest BCUT2D eigenvalue weighted by Gasteiger charge is 2.27. The van der Waals surface area contributed by atoms with E-state index in [1.807, 2.05) is 20.8 Å². The number of halogens is 2. The van der Waals surface area contributed by atoms with E-state index in [0.29, 0.717) is 18.9 Å². The van der Waals surface area contributed by atoms with Gasteiger partial charge in [0.1, 0.15) is 17.7 Å². The van der Waals surface area contributed by atoms with Crippen molar-refractivity contribution in [3.8, 4) is 5.75 Å². The van der Waals surface area contributed by atoms with E-state index in [0.717, 1.165) is 38.2 Å². The highest BCUT2D eigenvalue weighted by Crippen LogP contribution is 2.25. The van der Waals surface area contributed by atoms with Gasteiger partial charge in [0, 0.05) is 12.6 Å². The van der Waals surface area contributed by atoms with Crippen molar-refractivity contribution in [2.45, 2.75) is 58.6 Å². The Morgan fingerprint density at radius 2 is 1.86 bits per heavy atom. The van der Waals surface area contributed by atoms with Crippen LogP contribution in [0.5, 0.6) is 5.75 Å². The first-order valence-electron chi connectivity index (χ1n) is 10.2. The van der Waals surface area contributed by atoms with Gasteiger partial charge in [-0.2, -0.15) is 0 Å². The quantitative estimate of drug-likeness (QED) is 0.235. The number of esters is 1. The molecule has 1 aliphatic carbocycles. The lowest BCUT2D eigenvalue weighted by Gasteiger charge is -2.29. The molecule has 1 saturated carbocycles. The second-order valence-corrected chi connectivity index (χ2v) is 7.05. The van der Waals surface area contributed by atoms with Crippen LogP contribution < -0.4 is 15.4 Å². The van der Waals surface area contributed by atoms with Gasteiger partial charge in [-0.05, 0) is 70.7 Å². The lowest BCUT2D eigenvalue weighted by Crippen LogP contribution is -2.45. The molecule has 1 unspecified atom stereocenters. The van der Waals surface area contributed by atoms with Crippen LogP contribution in [0.3, 0.4) is 0 Å². The van der Waals surface area contributed by atoms with Gasteiger partial charge in [-0.3, -0.25) is 4.79 Å². The van der Waals surface area contributed by atoms with Crippen molar-refractivity contribution >= 4 is 35.9 Å². The molecule has 0 aromatic heterocycles. The van der Waals surface area contributed by atoms with E-state index in [4.69, 9.17) is 9.47 Å². The molecule has 1 fully saturated rings. The maximum absolute atomic E-state index is 13.0. The largest absolute Gasteiger partial charge is 0.489 e. The number of nitrogens with one attached hydrogen (secondary N) is 2. The average Bonchev–Trinajstić information content (AvgIpc) is 2.69. The fourth-order valence-corrected chi connectivity index (χ4v) is 3.25. The number of hydrogen-bond acceptors (Lipinski definition) is 4. The van der Waals surface area contributed by atoms with Gasteiger partial charge in [0.05, 0.1) is 19.1 Å². The number of rotatable bonds is 8. The molecule has 0 bridgehead atoms. The molecule has 0 radical (unpaired) electrons. The van der Waals surface area contributed by atoms with Gasteiger partial charge in [0.2, 0.25) is 0 Å². The van der Waals surface area contributed by atoms with Crippen LogP contribution in [0, 0.1) is 11.7 Å². The number of ether oxygens (including phenoxy) is 2. The average molecular weight is 521 g/mol. The Balaban J connectivity index is 0.00000420. The van der Waals surface area contributed by atoms with Crippen LogP contribution in [0.2, 0.25) is 0 Å². The van der Waals surface area contributed by atoms with E-state index >= 15 is 0 Å². The molecule has 164 valence electrons. The third kappa shape index (κ3) is 9.18. The van der Waals surface area contributed by atoms with E-state index < -0.39 is 0 Å². The number of benzene rings is 1. The minimum Gasteiger partial charge on any atom is -0.489 e. The predicted octanol–water partition coefficient (Wildman–Crippen LogP) is 3.89. The SMILES string of the molecule is CCNC(=NCC(C)Oc1ccc(F)cc1)NC1CCC(C(=O)OCC)CC1.I. The molecule has 0 saturated heterocycles. The Bertz CT molecular complexity index is 635. The Kier molecular flexibility index (Phi) is 11.9. The summed E-state index contributed by atoms with van der Waals surface area (Å²) in [4.78, 5) is 16.5. The summed E-state index contributed by atoms with van der Waals surface area (Å²) in [5.41, 5.74) is 0. The Labute approximate surface area is 190 Å². The highest BCUT2D eigenvalue weighted by molar-refractivity contribution is 14.0. The molecule has 0 spiro atoms. The van der Waals surface area contributed by atoms with Gasteiger partial charge < -0.3 is 20.1 Å².